The summed E-state index contributed by atoms with van der Waals surface area (Å²) in [5, 5.41) is 0. The molecular formula is C11H20N2O3. The van der Waals surface area contributed by atoms with Crippen molar-refractivity contribution >= 4 is 11.9 Å². The highest BCUT2D eigenvalue weighted by atomic mass is 16.5. The normalized spacial score (nSPS) is 24.4. The van der Waals surface area contributed by atoms with Crippen LogP contribution in [0.1, 0.15) is 20.3 Å². The van der Waals surface area contributed by atoms with E-state index in [4.69, 9.17) is 10.5 Å². The largest absolute Gasteiger partial charge is 0.469 e. The summed E-state index contributed by atoms with van der Waals surface area (Å²) in [5.74, 6) is -0.412. The van der Waals surface area contributed by atoms with Gasteiger partial charge in [0, 0.05) is 25.0 Å². The van der Waals surface area contributed by atoms with Gasteiger partial charge in [-0.15, -0.1) is 0 Å². The molecule has 1 amide bonds. The minimum atomic E-state index is -0.508. The predicted molar refractivity (Wildman–Crippen MR) is 59.5 cm³/mol. The van der Waals surface area contributed by atoms with Gasteiger partial charge in [0.15, 0.2) is 0 Å². The van der Waals surface area contributed by atoms with Gasteiger partial charge >= 0.3 is 5.97 Å². The third-order valence-electron chi connectivity index (χ3n) is 3.00. The van der Waals surface area contributed by atoms with E-state index >= 15 is 0 Å². The lowest BCUT2D eigenvalue weighted by Crippen LogP contribution is -2.52. The number of hydrogen-bond acceptors (Lipinski definition) is 4. The summed E-state index contributed by atoms with van der Waals surface area (Å²) in [6, 6.07) is 0. The monoisotopic (exact) mass is 228 g/mol. The third kappa shape index (κ3) is 2.52. The van der Waals surface area contributed by atoms with Crippen LogP contribution in [0.2, 0.25) is 0 Å². The first-order valence-electron chi connectivity index (χ1n) is 5.49. The van der Waals surface area contributed by atoms with Crippen molar-refractivity contribution in [3.05, 3.63) is 0 Å². The van der Waals surface area contributed by atoms with Crippen LogP contribution in [-0.4, -0.2) is 43.5 Å². The van der Waals surface area contributed by atoms with E-state index in [1.165, 1.54) is 7.11 Å². The Morgan fingerprint density at radius 3 is 2.75 bits per heavy atom. The lowest BCUT2D eigenvalue weighted by molar-refractivity contribution is -0.157. The van der Waals surface area contributed by atoms with Crippen LogP contribution in [0.3, 0.4) is 0 Å². The highest BCUT2D eigenvalue weighted by molar-refractivity contribution is 5.85. The van der Waals surface area contributed by atoms with Crippen molar-refractivity contribution in [3.8, 4) is 0 Å². The molecule has 0 aliphatic carbocycles. The van der Waals surface area contributed by atoms with Crippen molar-refractivity contribution < 1.29 is 14.3 Å². The Morgan fingerprint density at radius 1 is 1.62 bits per heavy atom. The molecule has 0 bridgehead atoms. The number of nitrogens with zero attached hydrogens (tertiary/aromatic N) is 1. The number of carbonyl (C=O) groups is 2. The lowest BCUT2D eigenvalue weighted by atomic mass is 9.77. The minimum Gasteiger partial charge on any atom is -0.469 e. The van der Waals surface area contributed by atoms with Crippen LogP contribution >= 0.6 is 0 Å². The summed E-state index contributed by atoms with van der Waals surface area (Å²) in [6.07, 6.45) is 0.541. The van der Waals surface area contributed by atoms with Crippen molar-refractivity contribution in [3.63, 3.8) is 0 Å². The zero-order valence-corrected chi connectivity index (χ0v) is 10.2. The second kappa shape index (κ2) is 4.82. The number of amides is 1. The first-order chi connectivity index (χ1) is 7.42. The summed E-state index contributed by atoms with van der Waals surface area (Å²) >= 11 is 0. The molecule has 0 saturated carbocycles. The number of nitrogens with two attached hydrogens (primary N) is 1. The van der Waals surface area contributed by atoms with E-state index in [0.717, 1.165) is 0 Å². The Morgan fingerprint density at radius 2 is 2.25 bits per heavy atom. The molecule has 1 aliphatic rings. The number of piperidine rings is 1. The van der Waals surface area contributed by atoms with Crippen LogP contribution in [0, 0.1) is 11.3 Å². The summed E-state index contributed by atoms with van der Waals surface area (Å²) in [6.45, 7) is 5.04. The van der Waals surface area contributed by atoms with E-state index in [0.29, 0.717) is 26.1 Å². The third-order valence-corrected chi connectivity index (χ3v) is 3.00. The average Bonchev–Trinajstić information content (AvgIpc) is 2.23. The molecule has 1 atom stereocenters. The molecule has 2 N–H and O–H groups in total. The number of likely N-dealkylation sites (tertiary alicyclic amines) is 1. The number of ether oxygens (including phenoxy) is 1. The van der Waals surface area contributed by atoms with Gasteiger partial charge in [0.1, 0.15) is 0 Å². The molecule has 0 aromatic rings. The quantitative estimate of drug-likeness (QED) is 0.690. The van der Waals surface area contributed by atoms with E-state index in [2.05, 4.69) is 0 Å². The average molecular weight is 228 g/mol. The van der Waals surface area contributed by atoms with Crippen LogP contribution in [0.5, 0.6) is 0 Å². The topological polar surface area (TPSA) is 72.6 Å². The van der Waals surface area contributed by atoms with Crippen LogP contribution in [0.4, 0.5) is 0 Å². The standard InChI is InChI=1S/C11H20N2O3/c1-11(2)6-8(9(14)16-3)7-13(5-4-12)10(11)15/h8H,4-7,12H2,1-3H3. The Balaban J connectivity index is 2.81. The Bertz CT molecular complexity index is 289. The summed E-state index contributed by atoms with van der Waals surface area (Å²) < 4.78 is 4.74. The zero-order chi connectivity index (χ0) is 12.3. The van der Waals surface area contributed by atoms with E-state index in [9.17, 15) is 9.59 Å². The Labute approximate surface area is 95.9 Å². The molecule has 0 aromatic heterocycles. The highest BCUT2D eigenvalue weighted by Gasteiger charge is 2.42. The molecule has 1 heterocycles. The SMILES string of the molecule is COC(=O)C1CN(CCN)C(=O)C(C)(C)C1. The second-order valence-electron chi connectivity index (χ2n) is 4.85. The molecule has 0 radical (unpaired) electrons. The van der Waals surface area contributed by atoms with Gasteiger partial charge in [0.25, 0.3) is 0 Å². The summed E-state index contributed by atoms with van der Waals surface area (Å²) in [5.41, 5.74) is 4.95. The summed E-state index contributed by atoms with van der Waals surface area (Å²) in [7, 11) is 1.37. The predicted octanol–water partition coefficient (Wildman–Crippen LogP) is -0.00720. The van der Waals surface area contributed by atoms with Crippen LogP contribution in [0.15, 0.2) is 0 Å². The van der Waals surface area contributed by atoms with Gasteiger partial charge in [-0.2, -0.15) is 0 Å². The maximum atomic E-state index is 12.0. The number of rotatable bonds is 3. The van der Waals surface area contributed by atoms with Crippen molar-refractivity contribution in [1.82, 2.24) is 4.90 Å². The molecule has 5 nitrogen and oxygen atoms in total. The molecule has 1 unspecified atom stereocenters. The van der Waals surface area contributed by atoms with Gasteiger partial charge in [-0.3, -0.25) is 9.59 Å². The van der Waals surface area contributed by atoms with Crippen LogP contribution < -0.4 is 5.73 Å². The number of esters is 1. The van der Waals surface area contributed by atoms with Gasteiger partial charge in [-0.1, -0.05) is 13.8 Å². The summed E-state index contributed by atoms with van der Waals surface area (Å²) in [4.78, 5) is 25.2. The van der Waals surface area contributed by atoms with E-state index in [1.54, 1.807) is 4.90 Å². The van der Waals surface area contributed by atoms with Crippen molar-refractivity contribution in [2.75, 3.05) is 26.7 Å². The van der Waals surface area contributed by atoms with E-state index in [-0.39, 0.29) is 17.8 Å². The number of hydrogen-bond donors (Lipinski definition) is 1. The van der Waals surface area contributed by atoms with E-state index in [1.807, 2.05) is 13.8 Å². The fourth-order valence-corrected chi connectivity index (χ4v) is 2.22. The molecule has 1 aliphatic heterocycles. The number of methoxy groups -OCH3 is 1. The van der Waals surface area contributed by atoms with E-state index < -0.39 is 5.41 Å². The smallest absolute Gasteiger partial charge is 0.310 e. The maximum absolute atomic E-state index is 12.0. The van der Waals surface area contributed by atoms with Gasteiger partial charge < -0.3 is 15.4 Å². The second-order valence-corrected chi connectivity index (χ2v) is 4.85. The fourth-order valence-electron chi connectivity index (χ4n) is 2.22. The molecule has 16 heavy (non-hydrogen) atoms. The van der Waals surface area contributed by atoms with Crippen LogP contribution in [0.25, 0.3) is 0 Å². The van der Waals surface area contributed by atoms with Gasteiger partial charge in [0.2, 0.25) is 5.91 Å². The Kier molecular flexibility index (Phi) is 3.91. The first kappa shape index (κ1) is 13.0. The van der Waals surface area contributed by atoms with Crippen molar-refractivity contribution in [2.45, 2.75) is 20.3 Å². The maximum Gasteiger partial charge on any atom is 0.310 e. The van der Waals surface area contributed by atoms with Gasteiger partial charge in [-0.25, -0.2) is 0 Å². The Hall–Kier alpha value is -1.10. The molecule has 0 aromatic carbocycles. The molecule has 1 fully saturated rings. The molecule has 1 saturated heterocycles. The van der Waals surface area contributed by atoms with Crippen LogP contribution in [-0.2, 0) is 14.3 Å². The highest BCUT2D eigenvalue weighted by Crippen LogP contribution is 2.33. The van der Waals surface area contributed by atoms with Gasteiger partial charge in [-0.05, 0) is 6.42 Å². The molecule has 92 valence electrons. The molecule has 1 rings (SSSR count). The lowest BCUT2D eigenvalue weighted by Gasteiger charge is -2.40. The number of carbonyl (C=O) groups excluding carboxylic acids is 2. The first-order valence-corrected chi connectivity index (χ1v) is 5.49. The molecule has 0 spiro atoms. The van der Waals surface area contributed by atoms with Gasteiger partial charge in [0.05, 0.1) is 13.0 Å². The van der Waals surface area contributed by atoms with Crippen molar-refractivity contribution in [2.24, 2.45) is 17.1 Å². The van der Waals surface area contributed by atoms with Crippen molar-refractivity contribution in [1.29, 1.82) is 0 Å². The molecule has 5 heteroatoms. The fraction of sp³-hybridized carbons (Fsp3) is 0.818. The molecular weight excluding hydrogens is 208 g/mol. The zero-order valence-electron chi connectivity index (χ0n) is 10.2. The minimum absolute atomic E-state index is 0.0677.